The normalized spacial score (nSPS) is 10.9. The molecule has 134 valence electrons. The summed E-state index contributed by atoms with van der Waals surface area (Å²) in [5.41, 5.74) is 0.104. The number of aliphatic carboxylic acids is 1. The van der Waals surface area contributed by atoms with Crippen molar-refractivity contribution in [2.45, 2.75) is 38.6 Å². The molecule has 0 radical (unpaired) electrons. The van der Waals surface area contributed by atoms with Crippen molar-refractivity contribution in [2.75, 3.05) is 21.3 Å². The van der Waals surface area contributed by atoms with E-state index < -0.39 is 11.5 Å². The minimum absolute atomic E-state index is 0.00252. The van der Waals surface area contributed by atoms with Gasteiger partial charge in [0.25, 0.3) is 0 Å². The molecule has 0 aliphatic rings. The maximum Gasteiger partial charge on any atom is 0.303 e. The zero-order valence-corrected chi connectivity index (χ0v) is 14.8. The Morgan fingerprint density at radius 3 is 2.04 bits per heavy atom. The van der Waals surface area contributed by atoms with Gasteiger partial charge in [0.15, 0.2) is 11.5 Å². The summed E-state index contributed by atoms with van der Waals surface area (Å²) in [5, 5.41) is 11.6. The molecular formula is C17H25NO6. The van der Waals surface area contributed by atoms with E-state index in [-0.39, 0.29) is 18.7 Å². The molecule has 1 rings (SSSR count). The number of methoxy groups -OCH3 is 3. The van der Waals surface area contributed by atoms with Crippen LogP contribution in [0.5, 0.6) is 17.2 Å². The van der Waals surface area contributed by atoms with E-state index in [1.165, 1.54) is 21.3 Å². The van der Waals surface area contributed by atoms with Gasteiger partial charge in [-0.3, -0.25) is 9.59 Å². The number of rotatable bonds is 9. The fourth-order valence-electron chi connectivity index (χ4n) is 2.33. The Morgan fingerprint density at radius 2 is 1.62 bits per heavy atom. The molecule has 0 aromatic heterocycles. The fourth-order valence-corrected chi connectivity index (χ4v) is 2.33. The van der Waals surface area contributed by atoms with E-state index in [2.05, 4.69) is 5.32 Å². The predicted molar refractivity (Wildman–Crippen MR) is 88.9 cm³/mol. The summed E-state index contributed by atoms with van der Waals surface area (Å²) in [6.45, 7) is 3.59. The predicted octanol–water partition coefficient (Wildman–Crippen LogP) is 2.01. The number of hydrogen-bond acceptors (Lipinski definition) is 5. The molecule has 0 saturated heterocycles. The van der Waals surface area contributed by atoms with Gasteiger partial charge in [-0.05, 0) is 38.0 Å². The second-order valence-corrected chi connectivity index (χ2v) is 6.04. The standard InChI is InChI=1S/C17H25NO6/c1-17(2,7-6-15(20)21)18-14(19)10-11-8-12(22-3)16(24-5)13(9-11)23-4/h8-9H,6-7,10H2,1-5H3,(H,18,19)(H,20,21). The summed E-state index contributed by atoms with van der Waals surface area (Å²) in [5.74, 6) is 0.321. The number of benzene rings is 1. The smallest absolute Gasteiger partial charge is 0.303 e. The van der Waals surface area contributed by atoms with Gasteiger partial charge in [0.05, 0.1) is 27.8 Å². The first-order valence-corrected chi connectivity index (χ1v) is 7.54. The third kappa shape index (κ3) is 5.64. The summed E-state index contributed by atoms with van der Waals surface area (Å²) in [7, 11) is 4.53. The van der Waals surface area contributed by atoms with Gasteiger partial charge >= 0.3 is 5.97 Å². The number of carboxylic acid groups (broad SMARTS) is 1. The van der Waals surface area contributed by atoms with Crippen LogP contribution in [0.3, 0.4) is 0 Å². The maximum atomic E-state index is 12.3. The van der Waals surface area contributed by atoms with Crippen LogP contribution in [-0.2, 0) is 16.0 Å². The number of nitrogens with one attached hydrogen (secondary N) is 1. The van der Waals surface area contributed by atoms with Crippen LogP contribution >= 0.6 is 0 Å². The third-order valence-electron chi connectivity index (χ3n) is 3.53. The molecular weight excluding hydrogens is 314 g/mol. The zero-order chi connectivity index (χ0) is 18.3. The van der Waals surface area contributed by atoms with Crippen LogP contribution in [0.2, 0.25) is 0 Å². The van der Waals surface area contributed by atoms with Crippen molar-refractivity contribution in [3.05, 3.63) is 17.7 Å². The van der Waals surface area contributed by atoms with E-state index in [1.54, 1.807) is 26.0 Å². The van der Waals surface area contributed by atoms with Crippen LogP contribution in [0.1, 0.15) is 32.3 Å². The molecule has 1 aromatic carbocycles. The van der Waals surface area contributed by atoms with Crippen LogP contribution in [0.15, 0.2) is 12.1 Å². The van der Waals surface area contributed by atoms with Crippen molar-refractivity contribution in [3.63, 3.8) is 0 Å². The van der Waals surface area contributed by atoms with Gasteiger partial charge in [-0.25, -0.2) is 0 Å². The first-order chi connectivity index (χ1) is 11.2. The Morgan fingerprint density at radius 1 is 1.08 bits per heavy atom. The summed E-state index contributed by atoms with van der Waals surface area (Å²) < 4.78 is 15.8. The summed E-state index contributed by atoms with van der Waals surface area (Å²) in [6.07, 6.45) is 0.466. The van der Waals surface area contributed by atoms with Crippen LogP contribution in [0, 0.1) is 0 Å². The molecule has 1 aromatic rings. The second kappa shape index (κ2) is 8.42. The van der Waals surface area contributed by atoms with Crippen LogP contribution in [0.4, 0.5) is 0 Å². The number of amides is 1. The molecule has 0 aliphatic carbocycles. The highest BCUT2D eigenvalue weighted by atomic mass is 16.5. The van der Waals surface area contributed by atoms with Crippen LogP contribution in [0.25, 0.3) is 0 Å². The lowest BCUT2D eigenvalue weighted by molar-refractivity contribution is -0.137. The van der Waals surface area contributed by atoms with E-state index in [4.69, 9.17) is 19.3 Å². The maximum absolute atomic E-state index is 12.3. The van der Waals surface area contributed by atoms with Crippen molar-refractivity contribution in [1.29, 1.82) is 0 Å². The molecule has 0 unspecified atom stereocenters. The molecule has 24 heavy (non-hydrogen) atoms. The van der Waals surface area contributed by atoms with Crippen molar-refractivity contribution < 1.29 is 28.9 Å². The van der Waals surface area contributed by atoms with Crippen molar-refractivity contribution in [1.82, 2.24) is 5.32 Å². The Bertz CT molecular complexity index is 572. The molecule has 1 amide bonds. The first kappa shape index (κ1) is 19.6. The fraction of sp³-hybridized carbons (Fsp3) is 0.529. The molecule has 0 spiro atoms. The quantitative estimate of drug-likeness (QED) is 0.715. The first-order valence-electron chi connectivity index (χ1n) is 7.54. The topological polar surface area (TPSA) is 94.1 Å². The number of carboxylic acids is 1. The average molecular weight is 339 g/mol. The molecule has 0 fully saturated rings. The minimum Gasteiger partial charge on any atom is -0.493 e. The SMILES string of the molecule is COc1cc(CC(=O)NC(C)(C)CCC(=O)O)cc(OC)c1OC. The Labute approximate surface area is 141 Å². The van der Waals surface area contributed by atoms with Gasteiger partial charge in [-0.2, -0.15) is 0 Å². The van der Waals surface area contributed by atoms with E-state index >= 15 is 0 Å². The van der Waals surface area contributed by atoms with Gasteiger partial charge in [0, 0.05) is 12.0 Å². The van der Waals surface area contributed by atoms with E-state index in [0.29, 0.717) is 29.2 Å². The third-order valence-corrected chi connectivity index (χ3v) is 3.53. The molecule has 2 N–H and O–H groups in total. The molecule has 0 atom stereocenters. The van der Waals surface area contributed by atoms with Gasteiger partial charge < -0.3 is 24.6 Å². The Balaban J connectivity index is 2.85. The second-order valence-electron chi connectivity index (χ2n) is 6.04. The average Bonchev–Trinajstić information content (AvgIpc) is 2.51. The van der Waals surface area contributed by atoms with Crippen molar-refractivity contribution in [2.24, 2.45) is 0 Å². The summed E-state index contributed by atoms with van der Waals surface area (Å²) in [4.78, 5) is 22.9. The Hall–Kier alpha value is -2.44. The Kier molecular flexibility index (Phi) is 6.88. The van der Waals surface area contributed by atoms with Gasteiger partial charge in [0.1, 0.15) is 0 Å². The highest BCUT2D eigenvalue weighted by Gasteiger charge is 2.22. The lowest BCUT2D eigenvalue weighted by atomic mass is 9.97. The lowest BCUT2D eigenvalue weighted by Crippen LogP contribution is -2.44. The van der Waals surface area contributed by atoms with Crippen molar-refractivity contribution in [3.8, 4) is 17.2 Å². The van der Waals surface area contributed by atoms with Crippen molar-refractivity contribution >= 4 is 11.9 Å². The van der Waals surface area contributed by atoms with Crippen LogP contribution in [-0.4, -0.2) is 43.9 Å². The lowest BCUT2D eigenvalue weighted by Gasteiger charge is -2.25. The molecule has 0 saturated carbocycles. The number of carbonyl (C=O) groups excluding carboxylic acids is 1. The molecule has 7 nitrogen and oxygen atoms in total. The molecule has 0 aliphatic heterocycles. The van der Waals surface area contributed by atoms with E-state index in [1.807, 2.05) is 0 Å². The molecule has 0 heterocycles. The van der Waals surface area contributed by atoms with Gasteiger partial charge in [-0.15, -0.1) is 0 Å². The van der Waals surface area contributed by atoms with E-state index in [9.17, 15) is 9.59 Å². The number of carbonyl (C=O) groups is 2. The zero-order valence-electron chi connectivity index (χ0n) is 14.8. The highest BCUT2D eigenvalue weighted by Crippen LogP contribution is 2.38. The highest BCUT2D eigenvalue weighted by molar-refractivity contribution is 5.80. The summed E-state index contributed by atoms with van der Waals surface area (Å²) in [6, 6.07) is 3.43. The van der Waals surface area contributed by atoms with E-state index in [0.717, 1.165) is 0 Å². The molecule has 7 heteroatoms. The van der Waals surface area contributed by atoms with Gasteiger partial charge in [-0.1, -0.05) is 0 Å². The minimum atomic E-state index is -0.887. The van der Waals surface area contributed by atoms with Crippen LogP contribution < -0.4 is 19.5 Å². The molecule has 0 bridgehead atoms. The van der Waals surface area contributed by atoms with Gasteiger partial charge in [0.2, 0.25) is 11.7 Å². The number of hydrogen-bond donors (Lipinski definition) is 2. The largest absolute Gasteiger partial charge is 0.493 e. The summed E-state index contributed by atoms with van der Waals surface area (Å²) >= 11 is 0. The monoisotopic (exact) mass is 339 g/mol. The number of ether oxygens (including phenoxy) is 3.